The normalized spacial score (nSPS) is 13.0. The number of ether oxygens (including phenoxy) is 1. The predicted molar refractivity (Wildman–Crippen MR) is 576 cm³/mol. The van der Waals surface area contributed by atoms with E-state index in [1.165, 1.54) is 224 Å². The molecule has 0 aliphatic heterocycles. The summed E-state index contributed by atoms with van der Waals surface area (Å²) in [5.41, 5.74) is 11.8. The molecule has 716 valence electrons. The summed E-state index contributed by atoms with van der Waals surface area (Å²) in [5.74, 6) is -1.00. The van der Waals surface area contributed by atoms with Crippen molar-refractivity contribution in [3.63, 3.8) is 0 Å². The smallest absolute Gasteiger partial charge is 0.170 e. The number of benzene rings is 3. The van der Waals surface area contributed by atoms with E-state index in [2.05, 4.69) is 144 Å². The molecule has 10 heterocycles. The van der Waals surface area contributed by atoms with E-state index >= 15 is 17.6 Å². The van der Waals surface area contributed by atoms with Gasteiger partial charge in [0.1, 0.15) is 38.8 Å². The zero-order valence-electron chi connectivity index (χ0n) is 81.4. The van der Waals surface area contributed by atoms with Gasteiger partial charge in [0.05, 0.1) is 69.6 Å². The maximum absolute atomic E-state index is 19.0. The van der Waals surface area contributed by atoms with Crippen molar-refractivity contribution >= 4 is 148 Å². The summed E-state index contributed by atoms with van der Waals surface area (Å²) < 4.78 is 110. The molecule has 21 heteroatoms. The first kappa shape index (κ1) is 104. The largest absolute Gasteiger partial charge is 0.493 e. The van der Waals surface area contributed by atoms with Crippen LogP contribution < -0.4 is 4.74 Å². The van der Waals surface area contributed by atoms with Crippen molar-refractivity contribution in [2.24, 2.45) is 23.7 Å². The molecule has 13 rings (SSSR count). The van der Waals surface area contributed by atoms with Crippen LogP contribution >= 0.6 is 115 Å². The molecular weight excluding hydrogens is 1830 g/mol. The summed E-state index contributed by atoms with van der Waals surface area (Å²) in [5, 5.41) is 0. The minimum Gasteiger partial charge on any atom is -0.493 e. The number of hydrogen-bond acceptors (Lipinski definition) is 17. The number of rotatable bonds is 63. The van der Waals surface area contributed by atoms with Crippen LogP contribution in [0.25, 0.3) is 125 Å². The Bertz CT molecular complexity index is 5680. The highest BCUT2D eigenvalue weighted by Gasteiger charge is 2.35. The van der Waals surface area contributed by atoms with Crippen LogP contribution in [-0.2, 0) is 25.7 Å². The van der Waals surface area contributed by atoms with Gasteiger partial charge in [-0.1, -0.05) is 338 Å². The number of thiophene rings is 7. The molecule has 10 aromatic heterocycles. The van der Waals surface area contributed by atoms with Crippen molar-refractivity contribution < 1.29 is 22.3 Å². The summed E-state index contributed by atoms with van der Waals surface area (Å²) in [6, 6.07) is 22.0. The number of nitrogens with zero attached hydrogens (tertiary/aromatic N) is 6. The third-order valence-corrected chi connectivity index (χ3v) is 37.9. The highest BCUT2D eigenvalue weighted by Crippen LogP contribution is 2.56. The van der Waals surface area contributed by atoms with Gasteiger partial charge < -0.3 is 4.74 Å². The number of aryl methyl sites for hydroxylation is 2. The number of fused-ring (bicyclic) bond motifs is 3. The van der Waals surface area contributed by atoms with Gasteiger partial charge in [0.25, 0.3) is 0 Å². The van der Waals surface area contributed by atoms with E-state index in [4.69, 9.17) is 31.0 Å². The van der Waals surface area contributed by atoms with Crippen LogP contribution in [0.2, 0.25) is 0 Å². The fourth-order valence-electron chi connectivity index (χ4n) is 20.0. The first-order chi connectivity index (χ1) is 64.6. The first-order valence-electron chi connectivity index (χ1n) is 51.5. The molecule has 0 aliphatic carbocycles. The summed E-state index contributed by atoms with van der Waals surface area (Å²) in [6.45, 7) is 27.5. The highest BCUT2D eigenvalue weighted by molar-refractivity contribution is 7.28. The number of unbranched alkanes of at least 4 members (excludes halogenated alkanes) is 29. The zero-order valence-corrected chi connectivity index (χ0v) is 89.6. The third kappa shape index (κ3) is 26.8. The minimum atomic E-state index is -0.896. The average molecular weight is 1980 g/mol. The lowest BCUT2D eigenvalue weighted by molar-refractivity contribution is 0.305. The van der Waals surface area contributed by atoms with Gasteiger partial charge in [-0.3, -0.25) is 0 Å². The van der Waals surface area contributed by atoms with Gasteiger partial charge in [-0.05, 0) is 159 Å². The Labute approximate surface area is 829 Å². The van der Waals surface area contributed by atoms with Crippen LogP contribution in [0.1, 0.15) is 382 Å². The Morgan fingerprint density at radius 3 is 0.902 bits per heavy atom. The SMILES string of the molecule is CCCCCCCCCCC(CCCCCCCC)Cc1cc(-c2c(F)c(F)c(-c3cc(CC(CCCCCCCC)CCCCCCCCCC)c(-c4ccc(-c5c(OCCCCCC)c(C)c(-c6ccc(C)s6)c6nsnc56)s4)s3)c3nsnc23)sc1-c1ccc(-c2sc(-c3c(F)c(F)c(-c4cc(CC(CC)CCCC)c(C)s4)c4nsnc34)cc2CC(CC)CCCC)s1. The van der Waals surface area contributed by atoms with Gasteiger partial charge in [0.2, 0.25) is 0 Å². The summed E-state index contributed by atoms with van der Waals surface area (Å²) >= 11 is 14.7. The van der Waals surface area contributed by atoms with Gasteiger partial charge in [-0.25, -0.2) is 17.6 Å². The van der Waals surface area contributed by atoms with Crippen molar-refractivity contribution in [1.29, 1.82) is 0 Å². The van der Waals surface area contributed by atoms with E-state index in [0.717, 1.165) is 247 Å². The average Bonchev–Trinajstić information content (AvgIpc) is 1.57. The fraction of sp³-hybridized carbons (Fsp3) is 0.586. The Hall–Kier alpha value is -5.46. The molecule has 0 amide bonds. The highest BCUT2D eigenvalue weighted by atomic mass is 32.1. The summed E-state index contributed by atoms with van der Waals surface area (Å²) in [6.07, 6.45) is 55.7. The van der Waals surface area contributed by atoms with E-state index in [9.17, 15) is 0 Å². The van der Waals surface area contributed by atoms with Crippen LogP contribution in [-0.4, -0.2) is 32.8 Å². The molecule has 0 radical (unpaired) electrons. The fourth-order valence-corrected chi connectivity index (χ4v) is 29.9. The van der Waals surface area contributed by atoms with Gasteiger partial charge >= 0.3 is 0 Å². The van der Waals surface area contributed by atoms with Crippen molar-refractivity contribution in [3.8, 4) is 97.7 Å². The van der Waals surface area contributed by atoms with Crippen molar-refractivity contribution in [2.75, 3.05) is 6.61 Å². The van der Waals surface area contributed by atoms with Crippen LogP contribution in [0.3, 0.4) is 0 Å². The van der Waals surface area contributed by atoms with Gasteiger partial charge in [0, 0.05) is 79.4 Å². The standard InChI is InChI=1S/C111H148F4N6OS10/c1-13-22-29-34-38-40-44-48-55-77(53-46-42-36-31-24-15-3)66-81-70-90(128-110(81)85-60-59-84(125-85)97-107-102(116-130-121-107)92(83-58-57-72(10)123-83)73(11)108(97)122-63-50-33-26-17-5)95-100(114)101(115)96(106-105(95)119-132-120-106)91-71-82(67-78(54-47-43-37-32-25-16-4)56-49-45-41-39-35-30-23-14-2)111(129-91)87-62-61-86(126-87)109-80(65-76(21-9)52-28-19-7)69-89(127-109)94-99(113)98(112)93(103-104(94)118-131-117-103)88-68-79(74(12)124-88)64-75(20-8)51-27-18-6/h57-62,68-71,75-78H,13-56,63-67H2,1-12H3. The topological polar surface area (TPSA) is 86.6 Å². The lowest BCUT2D eigenvalue weighted by Crippen LogP contribution is -2.06. The predicted octanol–water partition coefficient (Wildman–Crippen LogP) is 41.0. The molecule has 13 aromatic rings. The van der Waals surface area contributed by atoms with E-state index in [1.807, 2.05) is 0 Å². The summed E-state index contributed by atoms with van der Waals surface area (Å²) in [4.78, 5) is 13.6. The summed E-state index contributed by atoms with van der Waals surface area (Å²) in [7, 11) is 0. The molecule has 4 unspecified atom stereocenters. The second-order valence-corrected chi connectivity index (χ2v) is 47.6. The van der Waals surface area contributed by atoms with E-state index in [1.54, 1.807) is 56.7 Å². The lowest BCUT2D eigenvalue weighted by atomic mass is 9.88. The monoisotopic (exact) mass is 1980 g/mol. The number of aromatic nitrogens is 6. The van der Waals surface area contributed by atoms with Crippen molar-refractivity contribution in [3.05, 3.63) is 122 Å². The number of hydrogen-bond donors (Lipinski definition) is 0. The minimum absolute atomic E-state index is 0.170. The Morgan fingerprint density at radius 2 is 0.545 bits per heavy atom. The molecular formula is C111H148F4N6OS10. The van der Waals surface area contributed by atoms with Crippen LogP contribution in [0.5, 0.6) is 5.75 Å². The van der Waals surface area contributed by atoms with Crippen LogP contribution in [0, 0.1) is 67.7 Å². The Balaban J connectivity index is 0.925. The second kappa shape index (κ2) is 53.6. The van der Waals surface area contributed by atoms with Gasteiger partial charge in [-0.15, -0.1) is 79.4 Å². The molecule has 7 nitrogen and oxygen atoms in total. The van der Waals surface area contributed by atoms with E-state index in [-0.39, 0.29) is 22.3 Å². The lowest BCUT2D eigenvalue weighted by Gasteiger charge is -2.18. The molecule has 0 aliphatic rings. The molecule has 0 N–H and O–H groups in total. The Kier molecular flexibility index (Phi) is 42.2. The molecule has 0 saturated carbocycles. The van der Waals surface area contributed by atoms with Crippen LogP contribution in [0.15, 0.2) is 60.7 Å². The van der Waals surface area contributed by atoms with Crippen LogP contribution in [0.4, 0.5) is 17.6 Å². The second-order valence-electron chi connectivity index (χ2n) is 38.1. The maximum atomic E-state index is 19.0. The molecule has 3 aromatic carbocycles. The number of halogens is 4. The first-order valence-corrected chi connectivity index (χ1v) is 59.4. The van der Waals surface area contributed by atoms with Gasteiger partial charge in [-0.2, -0.15) is 26.2 Å². The molecule has 0 bridgehead atoms. The maximum Gasteiger partial charge on any atom is 0.170 e. The quantitative estimate of drug-likeness (QED) is 0.0277. The molecule has 0 saturated heterocycles. The molecule has 0 fully saturated rings. The Morgan fingerprint density at radius 1 is 0.265 bits per heavy atom. The zero-order chi connectivity index (χ0) is 92.8. The van der Waals surface area contributed by atoms with Crippen molar-refractivity contribution in [1.82, 2.24) is 26.2 Å². The molecule has 132 heavy (non-hydrogen) atoms. The van der Waals surface area contributed by atoms with Gasteiger partial charge in [0.15, 0.2) is 23.3 Å². The third-order valence-electron chi connectivity index (χ3n) is 27.9. The van der Waals surface area contributed by atoms with E-state index in [0.29, 0.717) is 71.9 Å². The molecule has 4 atom stereocenters. The van der Waals surface area contributed by atoms with Crippen molar-refractivity contribution in [2.45, 2.75) is 391 Å². The van der Waals surface area contributed by atoms with E-state index < -0.39 is 23.3 Å². The molecule has 0 spiro atoms.